The Hall–Kier alpha value is -1.59. The Morgan fingerprint density at radius 1 is 1.32 bits per heavy atom. The van der Waals surface area contributed by atoms with E-state index in [-0.39, 0.29) is 12.5 Å². The average molecular weight is 266 g/mol. The van der Waals surface area contributed by atoms with E-state index in [9.17, 15) is 9.90 Å². The molecule has 0 aromatic heterocycles. The van der Waals surface area contributed by atoms with Crippen LogP contribution in [0.4, 0.5) is 5.69 Å². The van der Waals surface area contributed by atoms with Crippen molar-refractivity contribution in [1.29, 1.82) is 0 Å². The molecular weight excluding hydrogens is 244 g/mol. The molecule has 0 radical (unpaired) electrons. The lowest BCUT2D eigenvalue weighted by Crippen LogP contribution is -2.32. The molecule has 0 aliphatic rings. The molecule has 2 atom stereocenters. The van der Waals surface area contributed by atoms with Gasteiger partial charge < -0.3 is 20.4 Å². The minimum absolute atomic E-state index is 0.0400. The molecule has 5 nitrogen and oxygen atoms in total. The van der Waals surface area contributed by atoms with Crippen molar-refractivity contribution in [3.63, 3.8) is 0 Å². The second-order valence-electron chi connectivity index (χ2n) is 4.76. The summed E-state index contributed by atoms with van der Waals surface area (Å²) in [7, 11) is 5.63. The topological polar surface area (TPSA) is 72.8 Å². The standard InChI is InChI=1S/C14H22N2O3/c1-15-12(8-9-13(17)18)14(19)10-4-6-11(7-5-10)16(2)3/h4-7,12,14-15,19H,8-9H2,1-3H3,(H,17,18). The van der Waals surface area contributed by atoms with E-state index in [0.717, 1.165) is 11.3 Å². The van der Waals surface area contributed by atoms with Crippen LogP contribution >= 0.6 is 0 Å². The molecule has 0 aliphatic heterocycles. The smallest absolute Gasteiger partial charge is 0.303 e. The fourth-order valence-corrected chi connectivity index (χ4v) is 1.94. The van der Waals surface area contributed by atoms with Crippen molar-refractivity contribution in [2.24, 2.45) is 0 Å². The number of nitrogens with one attached hydrogen (secondary N) is 1. The van der Waals surface area contributed by atoms with Gasteiger partial charge >= 0.3 is 5.97 Å². The van der Waals surface area contributed by atoms with Gasteiger partial charge in [-0.25, -0.2) is 0 Å². The minimum atomic E-state index is -0.851. The Morgan fingerprint density at radius 3 is 2.32 bits per heavy atom. The molecule has 0 heterocycles. The molecule has 0 amide bonds. The van der Waals surface area contributed by atoms with Crippen LogP contribution in [0, 0.1) is 0 Å². The van der Waals surface area contributed by atoms with E-state index in [1.54, 1.807) is 7.05 Å². The van der Waals surface area contributed by atoms with Gasteiger partial charge in [0.1, 0.15) is 0 Å². The highest BCUT2D eigenvalue weighted by Crippen LogP contribution is 2.22. The van der Waals surface area contributed by atoms with Crippen molar-refractivity contribution < 1.29 is 15.0 Å². The van der Waals surface area contributed by atoms with Gasteiger partial charge in [-0.05, 0) is 31.2 Å². The Morgan fingerprint density at radius 2 is 1.89 bits per heavy atom. The van der Waals surface area contributed by atoms with Crippen molar-refractivity contribution in [3.05, 3.63) is 29.8 Å². The Bertz CT molecular complexity index is 404. The van der Waals surface area contributed by atoms with Gasteiger partial charge in [0.15, 0.2) is 0 Å². The maximum absolute atomic E-state index is 10.6. The summed E-state index contributed by atoms with van der Waals surface area (Å²) >= 11 is 0. The summed E-state index contributed by atoms with van der Waals surface area (Å²) in [4.78, 5) is 12.6. The van der Waals surface area contributed by atoms with Crippen molar-refractivity contribution in [3.8, 4) is 0 Å². The van der Waals surface area contributed by atoms with E-state index < -0.39 is 12.1 Å². The van der Waals surface area contributed by atoms with Crippen LogP contribution in [0.3, 0.4) is 0 Å². The van der Waals surface area contributed by atoms with Crippen molar-refractivity contribution in [1.82, 2.24) is 5.32 Å². The molecule has 0 fully saturated rings. The Kier molecular flexibility index (Phi) is 5.79. The van der Waals surface area contributed by atoms with Crippen molar-refractivity contribution in [2.75, 3.05) is 26.0 Å². The van der Waals surface area contributed by atoms with Crippen LogP contribution in [0.25, 0.3) is 0 Å². The van der Waals surface area contributed by atoms with Gasteiger partial charge in [-0.15, -0.1) is 0 Å². The maximum atomic E-state index is 10.6. The van der Waals surface area contributed by atoms with Crippen molar-refractivity contribution >= 4 is 11.7 Å². The van der Waals surface area contributed by atoms with Crippen molar-refractivity contribution in [2.45, 2.75) is 25.0 Å². The lowest BCUT2D eigenvalue weighted by atomic mass is 9.98. The molecule has 3 N–H and O–H groups in total. The van der Waals surface area contributed by atoms with E-state index in [1.807, 2.05) is 43.3 Å². The monoisotopic (exact) mass is 266 g/mol. The first-order valence-corrected chi connectivity index (χ1v) is 6.30. The first-order valence-electron chi connectivity index (χ1n) is 6.30. The molecule has 0 spiro atoms. The third-order valence-corrected chi connectivity index (χ3v) is 3.17. The third-order valence-electron chi connectivity index (χ3n) is 3.17. The Balaban J connectivity index is 2.73. The minimum Gasteiger partial charge on any atom is -0.481 e. The van der Waals surface area contributed by atoms with E-state index in [4.69, 9.17) is 5.11 Å². The first-order chi connectivity index (χ1) is 8.95. The molecule has 0 saturated carbocycles. The number of benzene rings is 1. The van der Waals surface area contributed by atoms with Gasteiger partial charge in [-0.1, -0.05) is 12.1 Å². The van der Waals surface area contributed by atoms with Crippen LogP contribution in [-0.2, 0) is 4.79 Å². The summed E-state index contributed by atoms with van der Waals surface area (Å²) in [6.45, 7) is 0. The summed E-state index contributed by atoms with van der Waals surface area (Å²) in [5.74, 6) is -0.851. The van der Waals surface area contributed by atoms with Crippen LogP contribution < -0.4 is 10.2 Å². The van der Waals surface area contributed by atoms with E-state index >= 15 is 0 Å². The summed E-state index contributed by atoms with van der Waals surface area (Å²) < 4.78 is 0. The zero-order valence-corrected chi connectivity index (χ0v) is 11.6. The fraction of sp³-hybridized carbons (Fsp3) is 0.500. The number of anilines is 1. The predicted molar refractivity (Wildman–Crippen MR) is 75.4 cm³/mol. The molecule has 0 bridgehead atoms. The number of hydrogen-bond donors (Lipinski definition) is 3. The quantitative estimate of drug-likeness (QED) is 0.692. The largest absolute Gasteiger partial charge is 0.481 e. The third kappa shape index (κ3) is 4.54. The zero-order valence-electron chi connectivity index (χ0n) is 11.6. The predicted octanol–water partition coefficient (Wildman–Crippen LogP) is 1.24. The summed E-state index contributed by atoms with van der Waals surface area (Å²) in [6.07, 6.45) is -0.276. The number of rotatable bonds is 7. The highest BCUT2D eigenvalue weighted by Gasteiger charge is 2.20. The van der Waals surface area contributed by atoms with Gasteiger partial charge in [-0.3, -0.25) is 4.79 Å². The zero-order chi connectivity index (χ0) is 14.4. The number of aliphatic hydroxyl groups excluding tert-OH is 1. The highest BCUT2D eigenvalue weighted by molar-refractivity contribution is 5.66. The van der Waals surface area contributed by atoms with Gasteiger partial charge in [0.05, 0.1) is 6.10 Å². The van der Waals surface area contributed by atoms with Gasteiger partial charge in [0.2, 0.25) is 0 Å². The molecule has 1 aromatic carbocycles. The summed E-state index contributed by atoms with van der Waals surface area (Å²) in [5.41, 5.74) is 1.85. The molecule has 2 unspecified atom stereocenters. The Labute approximate surface area is 113 Å². The second kappa shape index (κ2) is 7.11. The first kappa shape index (κ1) is 15.5. The van der Waals surface area contributed by atoms with E-state index in [1.165, 1.54) is 0 Å². The number of aliphatic carboxylic acids is 1. The van der Waals surface area contributed by atoms with Crippen LogP contribution in [-0.4, -0.2) is 43.4 Å². The number of likely N-dealkylation sites (N-methyl/N-ethyl adjacent to an activating group) is 1. The average Bonchev–Trinajstić information content (AvgIpc) is 2.39. The highest BCUT2D eigenvalue weighted by atomic mass is 16.4. The van der Waals surface area contributed by atoms with Crippen LogP contribution in [0.1, 0.15) is 24.5 Å². The lowest BCUT2D eigenvalue weighted by molar-refractivity contribution is -0.137. The molecule has 1 aromatic rings. The van der Waals surface area contributed by atoms with E-state index in [0.29, 0.717) is 6.42 Å². The van der Waals surface area contributed by atoms with Gasteiger partial charge in [-0.2, -0.15) is 0 Å². The number of carboxylic acid groups (broad SMARTS) is 1. The molecule has 106 valence electrons. The normalized spacial score (nSPS) is 13.9. The molecule has 0 aliphatic carbocycles. The molecule has 5 heteroatoms. The number of carboxylic acids is 1. The van der Waals surface area contributed by atoms with Crippen LogP contribution in [0.15, 0.2) is 24.3 Å². The van der Waals surface area contributed by atoms with E-state index in [2.05, 4.69) is 5.32 Å². The summed E-state index contributed by atoms with van der Waals surface area (Å²) in [6, 6.07) is 7.34. The molecule has 19 heavy (non-hydrogen) atoms. The number of carbonyl (C=O) groups is 1. The number of hydrogen-bond acceptors (Lipinski definition) is 4. The molecule has 0 saturated heterocycles. The summed E-state index contributed by atoms with van der Waals surface area (Å²) in [5, 5.41) is 21.9. The van der Waals surface area contributed by atoms with Crippen LogP contribution in [0.2, 0.25) is 0 Å². The molecular formula is C14H22N2O3. The molecule has 1 rings (SSSR count). The van der Waals surface area contributed by atoms with Gasteiger partial charge in [0.25, 0.3) is 0 Å². The number of nitrogens with zero attached hydrogens (tertiary/aromatic N) is 1. The fourth-order valence-electron chi connectivity index (χ4n) is 1.94. The van der Waals surface area contributed by atoms with Crippen LogP contribution in [0.5, 0.6) is 0 Å². The lowest BCUT2D eigenvalue weighted by Gasteiger charge is -2.23. The SMILES string of the molecule is CNC(CCC(=O)O)C(O)c1ccc(N(C)C)cc1. The maximum Gasteiger partial charge on any atom is 0.303 e. The second-order valence-corrected chi connectivity index (χ2v) is 4.76. The number of aliphatic hydroxyl groups is 1. The van der Waals surface area contributed by atoms with Gasteiger partial charge in [0, 0.05) is 32.2 Å².